The topological polar surface area (TPSA) is 32.3 Å². The van der Waals surface area contributed by atoms with Gasteiger partial charge in [0.05, 0.1) is 10.3 Å². The van der Waals surface area contributed by atoms with E-state index in [0.29, 0.717) is 0 Å². The van der Waals surface area contributed by atoms with E-state index in [4.69, 9.17) is 11.6 Å². The van der Waals surface area contributed by atoms with E-state index in [0.717, 1.165) is 35.4 Å². The van der Waals surface area contributed by atoms with Crippen molar-refractivity contribution in [2.75, 3.05) is 26.2 Å². The van der Waals surface area contributed by atoms with Crippen LogP contribution in [0.5, 0.6) is 0 Å². The fourth-order valence-electron chi connectivity index (χ4n) is 1.84. The van der Waals surface area contributed by atoms with Gasteiger partial charge in [0, 0.05) is 31.1 Å². The van der Waals surface area contributed by atoms with Crippen molar-refractivity contribution in [1.82, 2.24) is 10.2 Å². The van der Waals surface area contributed by atoms with Gasteiger partial charge in [0.2, 0.25) is 5.91 Å². The first-order chi connectivity index (χ1) is 7.68. The van der Waals surface area contributed by atoms with Gasteiger partial charge in [-0.3, -0.25) is 4.79 Å². The lowest BCUT2D eigenvalue weighted by Crippen LogP contribution is -2.47. The molecule has 0 radical (unpaired) electrons. The van der Waals surface area contributed by atoms with E-state index in [1.54, 1.807) is 0 Å². The van der Waals surface area contributed by atoms with Crippen LogP contribution in [0.1, 0.15) is 17.7 Å². The average Bonchev–Trinajstić information content (AvgIpc) is 2.75. The summed E-state index contributed by atoms with van der Waals surface area (Å²) in [4.78, 5) is 15.1. The lowest BCUT2D eigenvalue weighted by molar-refractivity contribution is -0.132. The predicted octanol–water partition coefficient (Wildman–Crippen LogP) is 2.36. The molecule has 6 heteroatoms. The Labute approximate surface area is 117 Å². The van der Waals surface area contributed by atoms with Crippen LogP contribution in [0.2, 0.25) is 4.34 Å². The molecule has 3 nitrogen and oxygen atoms in total. The molecular weight excluding hydrogens is 279 g/mol. The third-order valence-electron chi connectivity index (χ3n) is 2.82. The third-order valence-corrected chi connectivity index (χ3v) is 4.23. The van der Waals surface area contributed by atoms with Crippen LogP contribution in [0.15, 0.2) is 12.1 Å². The van der Waals surface area contributed by atoms with Crippen LogP contribution in [0.25, 0.3) is 0 Å². The number of thiophene rings is 1. The molecule has 1 fully saturated rings. The van der Waals surface area contributed by atoms with Gasteiger partial charge in [0.1, 0.15) is 0 Å². The van der Waals surface area contributed by atoms with Gasteiger partial charge >= 0.3 is 0 Å². The van der Waals surface area contributed by atoms with Crippen molar-refractivity contribution < 1.29 is 4.79 Å². The Kier molecular flexibility index (Phi) is 5.73. The van der Waals surface area contributed by atoms with Crippen LogP contribution < -0.4 is 5.32 Å². The highest BCUT2D eigenvalue weighted by Gasteiger charge is 2.24. The largest absolute Gasteiger partial charge is 0.340 e. The fourth-order valence-corrected chi connectivity index (χ4v) is 2.95. The molecule has 1 unspecified atom stereocenters. The maximum atomic E-state index is 12.2. The molecule has 17 heavy (non-hydrogen) atoms. The lowest BCUT2D eigenvalue weighted by Gasteiger charge is -2.29. The van der Waals surface area contributed by atoms with Crippen LogP contribution in [-0.2, 0) is 4.79 Å². The summed E-state index contributed by atoms with van der Waals surface area (Å²) in [6.45, 7) is 5.35. The molecule has 1 amide bonds. The number of nitrogens with zero attached hydrogens (tertiary/aromatic N) is 1. The Morgan fingerprint density at radius 1 is 1.47 bits per heavy atom. The zero-order chi connectivity index (χ0) is 11.5. The monoisotopic (exact) mass is 294 g/mol. The Morgan fingerprint density at radius 3 is 2.65 bits per heavy atom. The first kappa shape index (κ1) is 14.8. The van der Waals surface area contributed by atoms with Gasteiger partial charge in [-0.1, -0.05) is 11.6 Å². The summed E-state index contributed by atoms with van der Waals surface area (Å²) in [5.41, 5.74) is 0. The molecule has 1 saturated heterocycles. The second kappa shape index (κ2) is 6.59. The molecule has 1 aliphatic heterocycles. The third kappa shape index (κ3) is 3.58. The van der Waals surface area contributed by atoms with E-state index in [2.05, 4.69) is 5.32 Å². The van der Waals surface area contributed by atoms with Crippen molar-refractivity contribution in [1.29, 1.82) is 0 Å². The number of hydrogen-bond donors (Lipinski definition) is 1. The number of nitrogens with one attached hydrogen (secondary N) is 1. The summed E-state index contributed by atoms with van der Waals surface area (Å²) >= 11 is 7.37. The molecule has 1 aliphatic rings. The summed E-state index contributed by atoms with van der Waals surface area (Å²) in [6, 6.07) is 3.79. The highest BCUT2D eigenvalue weighted by Crippen LogP contribution is 2.29. The van der Waals surface area contributed by atoms with E-state index >= 15 is 0 Å². The number of carbonyl (C=O) groups is 1. The maximum Gasteiger partial charge on any atom is 0.230 e. The summed E-state index contributed by atoms with van der Waals surface area (Å²) in [5.74, 6) is 0.135. The first-order valence-corrected chi connectivity index (χ1v) is 6.62. The van der Waals surface area contributed by atoms with Crippen LogP contribution in [-0.4, -0.2) is 37.0 Å². The van der Waals surface area contributed by atoms with Crippen LogP contribution in [0.3, 0.4) is 0 Å². The normalized spacial score (nSPS) is 17.4. The number of rotatable bonds is 2. The second-order valence-corrected chi connectivity index (χ2v) is 5.69. The lowest BCUT2D eigenvalue weighted by atomic mass is 10.1. The van der Waals surface area contributed by atoms with Gasteiger partial charge in [-0.25, -0.2) is 0 Å². The summed E-state index contributed by atoms with van der Waals surface area (Å²) in [6.07, 6.45) is 0. The molecule has 2 rings (SSSR count). The zero-order valence-corrected chi connectivity index (χ0v) is 12.0. The maximum absolute atomic E-state index is 12.2. The Bertz CT molecular complexity index is 377. The summed E-state index contributed by atoms with van der Waals surface area (Å²) in [5, 5.41) is 3.24. The van der Waals surface area contributed by atoms with E-state index < -0.39 is 0 Å². The molecular formula is C11H16Cl2N2OS. The van der Waals surface area contributed by atoms with Crippen molar-refractivity contribution in [3.8, 4) is 0 Å². The smallest absolute Gasteiger partial charge is 0.230 e. The Hall–Kier alpha value is -0.290. The SMILES string of the molecule is CC(C(=O)N1CCNCC1)c1ccc(Cl)s1.Cl. The van der Waals surface area contributed by atoms with E-state index in [1.807, 2.05) is 24.0 Å². The zero-order valence-electron chi connectivity index (χ0n) is 9.61. The van der Waals surface area contributed by atoms with Crippen molar-refractivity contribution >= 4 is 41.3 Å². The Balaban J connectivity index is 0.00000144. The molecule has 0 saturated carbocycles. The second-order valence-electron chi connectivity index (χ2n) is 3.94. The first-order valence-electron chi connectivity index (χ1n) is 5.43. The molecule has 1 atom stereocenters. The van der Waals surface area contributed by atoms with Crippen LogP contribution >= 0.6 is 35.3 Å². The molecule has 1 aromatic heterocycles. The highest BCUT2D eigenvalue weighted by molar-refractivity contribution is 7.16. The van der Waals surface area contributed by atoms with Crippen LogP contribution in [0, 0.1) is 0 Å². The molecule has 0 bridgehead atoms. The van der Waals surface area contributed by atoms with Crippen molar-refractivity contribution in [2.24, 2.45) is 0 Å². The molecule has 1 N–H and O–H groups in total. The molecule has 0 aromatic carbocycles. The van der Waals surface area contributed by atoms with Gasteiger partial charge in [-0.05, 0) is 19.1 Å². The Morgan fingerprint density at radius 2 is 2.12 bits per heavy atom. The van der Waals surface area contributed by atoms with Crippen LogP contribution in [0.4, 0.5) is 0 Å². The van der Waals surface area contributed by atoms with Gasteiger partial charge in [-0.15, -0.1) is 23.7 Å². The van der Waals surface area contributed by atoms with E-state index in [9.17, 15) is 4.79 Å². The minimum absolute atomic E-state index is 0. The number of piperazine rings is 1. The van der Waals surface area contributed by atoms with E-state index in [-0.39, 0.29) is 24.2 Å². The molecule has 1 aromatic rings. The minimum atomic E-state index is -0.0735. The van der Waals surface area contributed by atoms with Gasteiger partial charge in [0.15, 0.2) is 0 Å². The molecule has 0 spiro atoms. The quantitative estimate of drug-likeness (QED) is 0.908. The summed E-state index contributed by atoms with van der Waals surface area (Å²) < 4.78 is 0.745. The van der Waals surface area contributed by atoms with Crippen molar-refractivity contribution in [3.63, 3.8) is 0 Å². The van der Waals surface area contributed by atoms with Gasteiger partial charge in [-0.2, -0.15) is 0 Å². The predicted molar refractivity (Wildman–Crippen MR) is 74.4 cm³/mol. The molecule has 0 aliphatic carbocycles. The standard InChI is InChI=1S/C11H15ClN2OS.ClH/c1-8(9-2-3-10(12)16-9)11(15)14-6-4-13-5-7-14;/h2-3,8,13H,4-7H2,1H3;1H. The fraction of sp³-hybridized carbons (Fsp3) is 0.545. The number of halogens is 2. The molecule has 96 valence electrons. The molecule has 2 heterocycles. The van der Waals surface area contributed by atoms with Gasteiger partial charge < -0.3 is 10.2 Å². The van der Waals surface area contributed by atoms with Crippen molar-refractivity contribution in [3.05, 3.63) is 21.3 Å². The minimum Gasteiger partial charge on any atom is -0.340 e. The van der Waals surface area contributed by atoms with Gasteiger partial charge in [0.25, 0.3) is 0 Å². The number of carbonyl (C=O) groups excluding carboxylic acids is 1. The highest BCUT2D eigenvalue weighted by atomic mass is 35.5. The van der Waals surface area contributed by atoms with E-state index in [1.165, 1.54) is 11.3 Å². The summed E-state index contributed by atoms with van der Waals surface area (Å²) in [7, 11) is 0. The average molecular weight is 295 g/mol. The number of hydrogen-bond acceptors (Lipinski definition) is 3. The number of amides is 1. The van der Waals surface area contributed by atoms with Crippen molar-refractivity contribution in [2.45, 2.75) is 12.8 Å².